The van der Waals surface area contributed by atoms with Crippen molar-refractivity contribution < 1.29 is 5.21 Å². The molecular formula is C12H27N3O. The molecule has 0 rings (SSSR count). The highest BCUT2D eigenvalue weighted by Crippen LogP contribution is 2.07. The van der Waals surface area contributed by atoms with Crippen LogP contribution in [0.25, 0.3) is 0 Å². The summed E-state index contributed by atoms with van der Waals surface area (Å²) in [4.78, 5) is 2.08. The molecule has 0 aliphatic rings. The van der Waals surface area contributed by atoms with Crippen LogP contribution in [0.5, 0.6) is 0 Å². The second-order valence-electron chi connectivity index (χ2n) is 4.45. The van der Waals surface area contributed by atoms with Crippen LogP contribution in [0.2, 0.25) is 0 Å². The Balaban J connectivity index is 3.24. The quantitative estimate of drug-likeness (QED) is 0.199. The van der Waals surface area contributed by atoms with Crippen LogP contribution in [0.1, 0.15) is 51.9 Å². The highest BCUT2D eigenvalue weighted by molar-refractivity contribution is 5.81. The number of oxime groups is 1. The molecule has 3 N–H and O–H groups in total. The Kier molecular flexibility index (Phi) is 10.2. The zero-order chi connectivity index (χ0) is 12.2. The second kappa shape index (κ2) is 10.7. The summed E-state index contributed by atoms with van der Waals surface area (Å²) in [6.45, 7) is 3.80. The lowest BCUT2D eigenvalue weighted by molar-refractivity contribution is 0.308. The van der Waals surface area contributed by atoms with Gasteiger partial charge in [0.1, 0.15) is 0 Å². The lowest BCUT2D eigenvalue weighted by Crippen LogP contribution is -2.31. The van der Waals surface area contributed by atoms with Crippen molar-refractivity contribution in [2.75, 3.05) is 20.1 Å². The van der Waals surface area contributed by atoms with Crippen molar-refractivity contribution in [2.24, 2.45) is 10.9 Å². The van der Waals surface area contributed by atoms with Crippen molar-refractivity contribution in [3.63, 3.8) is 0 Å². The zero-order valence-electron chi connectivity index (χ0n) is 10.8. The third kappa shape index (κ3) is 9.77. The van der Waals surface area contributed by atoms with Gasteiger partial charge < -0.3 is 10.9 Å². The third-order valence-corrected chi connectivity index (χ3v) is 2.70. The van der Waals surface area contributed by atoms with Gasteiger partial charge in [0, 0.05) is 0 Å². The number of amidine groups is 1. The predicted molar refractivity (Wildman–Crippen MR) is 68.9 cm³/mol. The molecule has 0 saturated carbocycles. The standard InChI is InChI=1S/C12H27N3O/c1-3-4-5-6-7-8-9-10-15(2)11-12(13)14-16/h16H,3-11H2,1-2H3,(H2,13,14). The molecule has 0 heterocycles. The molecule has 0 unspecified atom stereocenters. The first kappa shape index (κ1) is 15.2. The third-order valence-electron chi connectivity index (χ3n) is 2.70. The van der Waals surface area contributed by atoms with E-state index in [4.69, 9.17) is 10.9 Å². The number of unbranched alkanes of at least 4 members (excludes halogenated alkanes) is 6. The molecule has 0 spiro atoms. The fraction of sp³-hybridized carbons (Fsp3) is 0.917. The lowest BCUT2D eigenvalue weighted by Gasteiger charge is -2.14. The van der Waals surface area contributed by atoms with E-state index in [0.29, 0.717) is 6.54 Å². The molecule has 0 aromatic heterocycles. The van der Waals surface area contributed by atoms with Crippen LogP contribution < -0.4 is 5.73 Å². The maximum Gasteiger partial charge on any atom is 0.153 e. The van der Waals surface area contributed by atoms with Crippen molar-refractivity contribution in [1.29, 1.82) is 0 Å². The predicted octanol–water partition coefficient (Wildman–Crippen LogP) is 2.42. The Hall–Kier alpha value is -0.770. The van der Waals surface area contributed by atoms with Crippen molar-refractivity contribution in [3.05, 3.63) is 0 Å². The number of rotatable bonds is 10. The molecule has 0 bridgehead atoms. The maximum absolute atomic E-state index is 8.41. The Morgan fingerprint density at radius 2 is 1.69 bits per heavy atom. The summed E-state index contributed by atoms with van der Waals surface area (Å²) in [5.41, 5.74) is 5.42. The lowest BCUT2D eigenvalue weighted by atomic mass is 10.1. The minimum Gasteiger partial charge on any atom is -0.409 e. The summed E-state index contributed by atoms with van der Waals surface area (Å²) in [6, 6.07) is 0. The number of nitrogens with two attached hydrogens (primary N) is 1. The highest BCUT2D eigenvalue weighted by atomic mass is 16.4. The van der Waals surface area contributed by atoms with Gasteiger partial charge in [-0.05, 0) is 20.0 Å². The van der Waals surface area contributed by atoms with Gasteiger partial charge in [0.2, 0.25) is 0 Å². The van der Waals surface area contributed by atoms with Gasteiger partial charge in [-0.15, -0.1) is 0 Å². The maximum atomic E-state index is 8.41. The van der Waals surface area contributed by atoms with E-state index in [2.05, 4.69) is 17.0 Å². The molecule has 0 amide bonds. The smallest absolute Gasteiger partial charge is 0.153 e. The van der Waals surface area contributed by atoms with E-state index in [1.807, 2.05) is 7.05 Å². The van der Waals surface area contributed by atoms with E-state index in [1.54, 1.807) is 0 Å². The molecule has 4 nitrogen and oxygen atoms in total. The molecule has 0 aliphatic heterocycles. The highest BCUT2D eigenvalue weighted by Gasteiger charge is 2.00. The van der Waals surface area contributed by atoms with Crippen molar-refractivity contribution in [2.45, 2.75) is 51.9 Å². The van der Waals surface area contributed by atoms with Crippen LogP contribution in [0.15, 0.2) is 5.16 Å². The number of likely N-dealkylation sites (N-methyl/N-ethyl adjacent to an activating group) is 1. The van der Waals surface area contributed by atoms with Crippen molar-refractivity contribution >= 4 is 5.84 Å². The minimum atomic E-state index is 0.283. The van der Waals surface area contributed by atoms with Gasteiger partial charge in [0.15, 0.2) is 5.84 Å². The van der Waals surface area contributed by atoms with Crippen LogP contribution in [0, 0.1) is 0 Å². The number of nitrogens with zero attached hydrogens (tertiary/aromatic N) is 2. The first-order valence-electron chi connectivity index (χ1n) is 6.35. The van der Waals surface area contributed by atoms with Gasteiger partial charge >= 0.3 is 0 Å². The fourth-order valence-corrected chi connectivity index (χ4v) is 1.73. The molecular weight excluding hydrogens is 202 g/mol. The number of hydrogen-bond donors (Lipinski definition) is 2. The Bertz CT molecular complexity index is 183. The molecule has 0 aromatic carbocycles. The SMILES string of the molecule is CCCCCCCCCN(C)CC(N)=NO. The zero-order valence-corrected chi connectivity index (χ0v) is 10.8. The number of hydrogen-bond acceptors (Lipinski definition) is 3. The first-order chi connectivity index (χ1) is 7.70. The molecule has 0 radical (unpaired) electrons. The Morgan fingerprint density at radius 1 is 1.12 bits per heavy atom. The van der Waals surface area contributed by atoms with Crippen LogP contribution in [0.3, 0.4) is 0 Å². The largest absolute Gasteiger partial charge is 0.409 e. The van der Waals surface area contributed by atoms with Crippen LogP contribution >= 0.6 is 0 Å². The van der Waals surface area contributed by atoms with E-state index in [-0.39, 0.29) is 5.84 Å². The molecule has 0 saturated heterocycles. The fourth-order valence-electron chi connectivity index (χ4n) is 1.73. The van der Waals surface area contributed by atoms with E-state index in [0.717, 1.165) is 6.54 Å². The van der Waals surface area contributed by atoms with E-state index >= 15 is 0 Å². The molecule has 0 aromatic rings. The second-order valence-corrected chi connectivity index (χ2v) is 4.45. The summed E-state index contributed by atoms with van der Waals surface area (Å²) in [7, 11) is 2.00. The van der Waals surface area contributed by atoms with Gasteiger partial charge in [-0.1, -0.05) is 50.6 Å². The molecule has 0 aliphatic carbocycles. The van der Waals surface area contributed by atoms with E-state index < -0.39 is 0 Å². The van der Waals surface area contributed by atoms with Gasteiger partial charge in [0.05, 0.1) is 6.54 Å². The normalized spacial score (nSPS) is 12.3. The summed E-state index contributed by atoms with van der Waals surface area (Å²) in [5, 5.41) is 11.4. The van der Waals surface area contributed by atoms with E-state index in [9.17, 15) is 0 Å². The van der Waals surface area contributed by atoms with Crippen molar-refractivity contribution in [1.82, 2.24) is 4.90 Å². The van der Waals surface area contributed by atoms with Gasteiger partial charge in [-0.2, -0.15) is 0 Å². The summed E-state index contributed by atoms with van der Waals surface area (Å²) >= 11 is 0. The van der Waals surface area contributed by atoms with Crippen LogP contribution in [-0.4, -0.2) is 36.1 Å². The minimum absolute atomic E-state index is 0.283. The first-order valence-corrected chi connectivity index (χ1v) is 6.35. The van der Waals surface area contributed by atoms with Gasteiger partial charge in [-0.25, -0.2) is 0 Å². The average molecular weight is 229 g/mol. The molecule has 16 heavy (non-hydrogen) atoms. The van der Waals surface area contributed by atoms with Crippen molar-refractivity contribution in [3.8, 4) is 0 Å². The Labute approximate surface area is 99.5 Å². The van der Waals surface area contributed by atoms with Gasteiger partial charge in [0.25, 0.3) is 0 Å². The molecule has 96 valence electrons. The van der Waals surface area contributed by atoms with Crippen LogP contribution in [0.4, 0.5) is 0 Å². The summed E-state index contributed by atoms with van der Waals surface area (Å²) in [6.07, 6.45) is 9.21. The van der Waals surface area contributed by atoms with Crippen LogP contribution in [-0.2, 0) is 0 Å². The summed E-state index contributed by atoms with van der Waals surface area (Å²) in [5.74, 6) is 0.283. The monoisotopic (exact) mass is 229 g/mol. The summed E-state index contributed by atoms with van der Waals surface area (Å²) < 4.78 is 0. The Morgan fingerprint density at radius 3 is 2.25 bits per heavy atom. The molecule has 4 heteroatoms. The molecule has 0 fully saturated rings. The average Bonchev–Trinajstić information content (AvgIpc) is 2.27. The van der Waals surface area contributed by atoms with Gasteiger partial charge in [-0.3, -0.25) is 4.90 Å². The topological polar surface area (TPSA) is 61.8 Å². The molecule has 0 atom stereocenters. The van der Waals surface area contributed by atoms with E-state index in [1.165, 1.54) is 44.9 Å².